The summed E-state index contributed by atoms with van der Waals surface area (Å²) in [5.41, 5.74) is 3.16. The highest BCUT2D eigenvalue weighted by Crippen LogP contribution is 2.16. The minimum absolute atomic E-state index is 0.213. The first-order valence-corrected chi connectivity index (χ1v) is 8.43. The van der Waals surface area contributed by atoms with Gasteiger partial charge in [-0.3, -0.25) is 4.79 Å². The zero-order chi connectivity index (χ0) is 17.8. The molecular weight excluding hydrogens is 326 g/mol. The van der Waals surface area contributed by atoms with E-state index in [2.05, 4.69) is 22.4 Å². The van der Waals surface area contributed by atoms with Crippen molar-refractivity contribution in [3.05, 3.63) is 90.0 Å². The van der Waals surface area contributed by atoms with Gasteiger partial charge in [0.2, 0.25) is 0 Å². The Bertz CT molecular complexity index is 1020. The summed E-state index contributed by atoms with van der Waals surface area (Å²) < 4.78 is 7.08. The number of para-hydroxylation sites is 1. The summed E-state index contributed by atoms with van der Waals surface area (Å²) in [5.74, 6) is 0.524. The van der Waals surface area contributed by atoms with E-state index in [1.54, 1.807) is 24.3 Å². The third-order valence-corrected chi connectivity index (χ3v) is 4.15. The van der Waals surface area contributed by atoms with E-state index in [0.29, 0.717) is 23.2 Å². The zero-order valence-electron chi connectivity index (χ0n) is 14.1. The summed E-state index contributed by atoms with van der Waals surface area (Å²) in [7, 11) is 0. The van der Waals surface area contributed by atoms with Gasteiger partial charge in [-0.15, -0.1) is 5.10 Å². The van der Waals surface area contributed by atoms with Crippen molar-refractivity contribution in [2.24, 2.45) is 0 Å². The number of ether oxygens (including phenoxy) is 1. The fourth-order valence-electron chi connectivity index (χ4n) is 2.77. The van der Waals surface area contributed by atoms with Crippen molar-refractivity contribution < 1.29 is 9.53 Å². The number of fused-ring (bicyclic) bond motifs is 1. The summed E-state index contributed by atoms with van der Waals surface area (Å²) in [6.07, 6.45) is 0.840. The SMILES string of the molecule is O=C(c1ccc(OCCc2ccccc2)cc1)n1nnc2ccccc21. The van der Waals surface area contributed by atoms with Crippen molar-refractivity contribution in [1.82, 2.24) is 15.0 Å². The average molecular weight is 343 g/mol. The van der Waals surface area contributed by atoms with Gasteiger partial charge in [-0.2, -0.15) is 4.68 Å². The van der Waals surface area contributed by atoms with Crippen LogP contribution in [-0.2, 0) is 6.42 Å². The highest BCUT2D eigenvalue weighted by Gasteiger charge is 2.13. The van der Waals surface area contributed by atoms with Crippen LogP contribution in [0, 0.1) is 0 Å². The minimum Gasteiger partial charge on any atom is -0.493 e. The lowest BCUT2D eigenvalue weighted by Gasteiger charge is -2.07. The highest BCUT2D eigenvalue weighted by atomic mass is 16.5. The molecule has 0 radical (unpaired) electrons. The predicted octanol–water partition coefficient (Wildman–Crippen LogP) is 3.74. The molecule has 5 nitrogen and oxygen atoms in total. The van der Waals surface area contributed by atoms with Gasteiger partial charge in [-0.05, 0) is 42.0 Å². The largest absolute Gasteiger partial charge is 0.493 e. The van der Waals surface area contributed by atoms with E-state index in [9.17, 15) is 4.79 Å². The van der Waals surface area contributed by atoms with E-state index in [0.717, 1.165) is 12.2 Å². The van der Waals surface area contributed by atoms with Crippen LogP contribution in [0.2, 0.25) is 0 Å². The number of aromatic nitrogens is 3. The van der Waals surface area contributed by atoms with E-state index >= 15 is 0 Å². The quantitative estimate of drug-likeness (QED) is 0.554. The third kappa shape index (κ3) is 3.32. The number of carbonyl (C=O) groups is 1. The molecule has 0 aliphatic carbocycles. The van der Waals surface area contributed by atoms with E-state index in [4.69, 9.17) is 4.74 Å². The Hall–Kier alpha value is -3.47. The maximum Gasteiger partial charge on any atom is 0.280 e. The molecule has 0 spiro atoms. The van der Waals surface area contributed by atoms with Crippen LogP contribution in [0.15, 0.2) is 78.9 Å². The van der Waals surface area contributed by atoms with Crippen molar-refractivity contribution in [1.29, 1.82) is 0 Å². The molecule has 5 heteroatoms. The van der Waals surface area contributed by atoms with Crippen LogP contribution >= 0.6 is 0 Å². The van der Waals surface area contributed by atoms with Gasteiger partial charge >= 0.3 is 0 Å². The van der Waals surface area contributed by atoms with Crippen molar-refractivity contribution in [2.45, 2.75) is 6.42 Å². The number of rotatable bonds is 5. The van der Waals surface area contributed by atoms with Crippen LogP contribution in [-0.4, -0.2) is 27.5 Å². The molecule has 0 unspecified atom stereocenters. The molecule has 0 aliphatic heterocycles. The van der Waals surface area contributed by atoms with Gasteiger partial charge in [0.05, 0.1) is 12.1 Å². The van der Waals surface area contributed by atoms with Crippen molar-refractivity contribution in [3.8, 4) is 5.75 Å². The Morgan fingerprint density at radius 2 is 1.62 bits per heavy atom. The highest BCUT2D eigenvalue weighted by molar-refractivity contribution is 6.00. The molecule has 4 rings (SSSR count). The van der Waals surface area contributed by atoms with Gasteiger partial charge in [0, 0.05) is 12.0 Å². The molecule has 1 aromatic heterocycles. The molecule has 0 N–H and O–H groups in total. The Kier molecular flexibility index (Phi) is 4.43. The summed E-state index contributed by atoms with van der Waals surface area (Å²) in [4.78, 5) is 12.7. The van der Waals surface area contributed by atoms with Crippen LogP contribution in [0.4, 0.5) is 0 Å². The smallest absolute Gasteiger partial charge is 0.280 e. The van der Waals surface area contributed by atoms with E-state index < -0.39 is 0 Å². The first-order valence-electron chi connectivity index (χ1n) is 8.43. The molecule has 4 aromatic rings. The molecule has 3 aromatic carbocycles. The number of carbonyl (C=O) groups excluding carboxylic acids is 1. The molecule has 128 valence electrons. The maximum absolute atomic E-state index is 12.7. The second-order valence-corrected chi connectivity index (χ2v) is 5.90. The predicted molar refractivity (Wildman–Crippen MR) is 99.3 cm³/mol. The lowest BCUT2D eigenvalue weighted by molar-refractivity contribution is 0.0948. The van der Waals surface area contributed by atoms with E-state index in [1.165, 1.54) is 10.2 Å². The van der Waals surface area contributed by atoms with Crippen LogP contribution < -0.4 is 4.74 Å². The molecule has 0 saturated carbocycles. The van der Waals surface area contributed by atoms with Gasteiger partial charge in [0.15, 0.2) is 0 Å². The summed E-state index contributed by atoms with van der Waals surface area (Å²) >= 11 is 0. The van der Waals surface area contributed by atoms with Gasteiger partial charge in [0.1, 0.15) is 11.3 Å². The van der Waals surface area contributed by atoms with Crippen LogP contribution in [0.5, 0.6) is 5.75 Å². The summed E-state index contributed by atoms with van der Waals surface area (Å²) in [6, 6.07) is 24.7. The summed E-state index contributed by atoms with van der Waals surface area (Å²) in [5, 5.41) is 7.98. The minimum atomic E-state index is -0.213. The lowest BCUT2D eigenvalue weighted by atomic mass is 10.2. The second kappa shape index (κ2) is 7.19. The molecule has 0 saturated heterocycles. The van der Waals surface area contributed by atoms with Gasteiger partial charge in [-0.25, -0.2) is 0 Å². The molecule has 26 heavy (non-hydrogen) atoms. The Labute approximate surface area is 150 Å². The molecular formula is C21H17N3O2. The standard InChI is InChI=1S/C21H17N3O2/c25-21(24-20-9-5-4-8-19(20)22-23-24)17-10-12-18(13-11-17)26-15-14-16-6-2-1-3-7-16/h1-13H,14-15H2. The van der Waals surface area contributed by atoms with Crippen LogP contribution in [0.25, 0.3) is 11.0 Å². The topological polar surface area (TPSA) is 57.0 Å². The van der Waals surface area contributed by atoms with Crippen molar-refractivity contribution in [2.75, 3.05) is 6.61 Å². The van der Waals surface area contributed by atoms with Crippen LogP contribution in [0.1, 0.15) is 15.9 Å². The fourth-order valence-corrected chi connectivity index (χ4v) is 2.77. The Morgan fingerprint density at radius 3 is 2.42 bits per heavy atom. The maximum atomic E-state index is 12.7. The molecule has 0 fully saturated rings. The van der Waals surface area contributed by atoms with E-state index in [-0.39, 0.29) is 5.91 Å². The number of hydrogen-bond acceptors (Lipinski definition) is 4. The normalized spacial score (nSPS) is 10.8. The number of benzene rings is 3. The van der Waals surface area contributed by atoms with Gasteiger partial charge < -0.3 is 4.74 Å². The van der Waals surface area contributed by atoms with Crippen LogP contribution in [0.3, 0.4) is 0 Å². The van der Waals surface area contributed by atoms with Crippen molar-refractivity contribution in [3.63, 3.8) is 0 Å². The zero-order valence-corrected chi connectivity index (χ0v) is 14.1. The van der Waals surface area contributed by atoms with Crippen molar-refractivity contribution >= 4 is 16.9 Å². The first-order chi connectivity index (χ1) is 12.8. The second-order valence-electron chi connectivity index (χ2n) is 5.90. The molecule has 0 amide bonds. The summed E-state index contributed by atoms with van der Waals surface area (Å²) in [6.45, 7) is 0.588. The number of nitrogens with zero attached hydrogens (tertiary/aromatic N) is 3. The fraction of sp³-hybridized carbons (Fsp3) is 0.0952. The molecule has 0 atom stereocenters. The Balaban J connectivity index is 1.43. The third-order valence-electron chi connectivity index (χ3n) is 4.15. The molecule has 0 bridgehead atoms. The number of hydrogen-bond donors (Lipinski definition) is 0. The average Bonchev–Trinajstić information content (AvgIpc) is 3.13. The van der Waals surface area contributed by atoms with Gasteiger partial charge in [0.25, 0.3) is 5.91 Å². The molecule has 1 heterocycles. The first kappa shape index (κ1) is 16.0. The van der Waals surface area contributed by atoms with E-state index in [1.807, 2.05) is 42.5 Å². The monoisotopic (exact) mass is 343 g/mol. The lowest BCUT2D eigenvalue weighted by Crippen LogP contribution is -2.13. The molecule has 0 aliphatic rings. The van der Waals surface area contributed by atoms with Gasteiger partial charge in [-0.1, -0.05) is 47.7 Å². The Morgan fingerprint density at radius 1 is 0.885 bits per heavy atom.